The second-order valence-electron chi connectivity index (χ2n) is 4.26. The van der Waals surface area contributed by atoms with Gasteiger partial charge in [-0.1, -0.05) is 6.92 Å². The molecule has 1 saturated heterocycles. The minimum absolute atomic E-state index is 0.0617. The third-order valence-electron chi connectivity index (χ3n) is 2.71. The van der Waals surface area contributed by atoms with E-state index < -0.39 is 0 Å². The Bertz CT molecular complexity index is 190. The van der Waals surface area contributed by atoms with Gasteiger partial charge in [-0.05, 0) is 25.2 Å². The van der Waals surface area contributed by atoms with E-state index in [9.17, 15) is 4.79 Å². The Kier molecular flexibility index (Phi) is 5.65. The Hall–Kier alpha value is -0.610. The zero-order chi connectivity index (χ0) is 11.1. The van der Waals surface area contributed by atoms with E-state index in [0.29, 0.717) is 18.9 Å². The molecule has 0 spiro atoms. The molecule has 0 aromatic carbocycles. The lowest BCUT2D eigenvalue weighted by atomic mass is 10.1. The van der Waals surface area contributed by atoms with Crippen LogP contribution in [0.5, 0.6) is 0 Å². The summed E-state index contributed by atoms with van der Waals surface area (Å²) in [5, 5.41) is 11.6. The molecule has 0 aliphatic carbocycles. The van der Waals surface area contributed by atoms with Crippen molar-refractivity contribution in [1.82, 2.24) is 5.32 Å². The quantitative estimate of drug-likeness (QED) is 0.685. The number of carbonyl (C=O) groups excluding carboxylic acids is 1. The Morgan fingerprint density at radius 3 is 3.07 bits per heavy atom. The lowest BCUT2D eigenvalue weighted by Crippen LogP contribution is -2.31. The fraction of sp³-hybridized carbons (Fsp3) is 0.909. The standard InChI is InChI=1S/C11H21NO3/c1-9(4-5-13)8-12-11(14)7-10-3-2-6-15-10/h9-10,13H,2-8H2,1H3,(H,12,14). The molecule has 1 heterocycles. The lowest BCUT2D eigenvalue weighted by molar-refractivity contribution is -0.123. The van der Waals surface area contributed by atoms with E-state index in [4.69, 9.17) is 9.84 Å². The molecular weight excluding hydrogens is 194 g/mol. The number of amides is 1. The number of aliphatic hydroxyl groups excluding tert-OH is 1. The summed E-state index contributed by atoms with van der Waals surface area (Å²) in [4.78, 5) is 11.5. The second-order valence-corrected chi connectivity index (χ2v) is 4.26. The van der Waals surface area contributed by atoms with E-state index in [1.807, 2.05) is 6.92 Å². The van der Waals surface area contributed by atoms with E-state index in [1.54, 1.807) is 0 Å². The molecule has 1 aliphatic rings. The maximum absolute atomic E-state index is 11.5. The summed E-state index contributed by atoms with van der Waals surface area (Å²) < 4.78 is 5.38. The third-order valence-corrected chi connectivity index (χ3v) is 2.71. The summed E-state index contributed by atoms with van der Waals surface area (Å²) in [6.07, 6.45) is 3.41. The summed E-state index contributed by atoms with van der Waals surface area (Å²) in [6, 6.07) is 0. The maximum Gasteiger partial charge on any atom is 0.222 e. The van der Waals surface area contributed by atoms with Crippen LogP contribution in [-0.4, -0.2) is 36.9 Å². The van der Waals surface area contributed by atoms with Crippen LogP contribution < -0.4 is 5.32 Å². The molecular formula is C11H21NO3. The van der Waals surface area contributed by atoms with Crippen LogP contribution in [-0.2, 0) is 9.53 Å². The summed E-state index contributed by atoms with van der Waals surface area (Å²) in [5.41, 5.74) is 0. The second kappa shape index (κ2) is 6.80. The first kappa shape index (κ1) is 12.5. The van der Waals surface area contributed by atoms with E-state index in [1.165, 1.54) is 0 Å². The molecule has 0 aromatic rings. The van der Waals surface area contributed by atoms with Gasteiger partial charge in [0.1, 0.15) is 0 Å². The van der Waals surface area contributed by atoms with Gasteiger partial charge in [0.2, 0.25) is 5.91 Å². The van der Waals surface area contributed by atoms with Crippen molar-refractivity contribution in [3.63, 3.8) is 0 Å². The van der Waals surface area contributed by atoms with E-state index in [0.717, 1.165) is 25.9 Å². The number of carbonyl (C=O) groups is 1. The molecule has 88 valence electrons. The predicted molar refractivity (Wildman–Crippen MR) is 57.5 cm³/mol. The molecule has 0 aromatic heterocycles. The fourth-order valence-electron chi connectivity index (χ4n) is 1.69. The minimum atomic E-state index is 0.0617. The fourth-order valence-corrected chi connectivity index (χ4v) is 1.69. The Labute approximate surface area is 91.0 Å². The number of rotatable bonds is 6. The van der Waals surface area contributed by atoms with Crippen LogP contribution in [0.3, 0.4) is 0 Å². The van der Waals surface area contributed by atoms with Gasteiger partial charge in [0.05, 0.1) is 12.5 Å². The molecule has 1 aliphatic heterocycles. The highest BCUT2D eigenvalue weighted by Crippen LogP contribution is 2.14. The first-order valence-electron chi connectivity index (χ1n) is 5.71. The highest BCUT2D eigenvalue weighted by molar-refractivity contribution is 5.76. The monoisotopic (exact) mass is 215 g/mol. The Morgan fingerprint density at radius 1 is 1.67 bits per heavy atom. The largest absolute Gasteiger partial charge is 0.396 e. The first-order valence-corrected chi connectivity index (χ1v) is 5.71. The molecule has 1 fully saturated rings. The molecule has 2 N–H and O–H groups in total. The first-order chi connectivity index (χ1) is 7.22. The smallest absolute Gasteiger partial charge is 0.222 e. The predicted octanol–water partition coefficient (Wildman–Crippen LogP) is 0.690. The SMILES string of the molecule is CC(CCO)CNC(=O)CC1CCCO1. The number of hydrogen-bond donors (Lipinski definition) is 2. The van der Waals surface area contributed by atoms with Crippen molar-refractivity contribution in [3.8, 4) is 0 Å². The highest BCUT2D eigenvalue weighted by Gasteiger charge is 2.18. The topological polar surface area (TPSA) is 58.6 Å². The molecule has 0 radical (unpaired) electrons. The van der Waals surface area contributed by atoms with E-state index >= 15 is 0 Å². The van der Waals surface area contributed by atoms with Crippen LogP contribution in [0, 0.1) is 5.92 Å². The summed E-state index contributed by atoms with van der Waals surface area (Å²) in [7, 11) is 0. The molecule has 15 heavy (non-hydrogen) atoms. The molecule has 1 amide bonds. The van der Waals surface area contributed by atoms with E-state index in [-0.39, 0.29) is 18.6 Å². The number of ether oxygens (including phenoxy) is 1. The van der Waals surface area contributed by atoms with Crippen molar-refractivity contribution in [2.75, 3.05) is 19.8 Å². The summed E-state index contributed by atoms with van der Waals surface area (Å²) in [6.45, 7) is 3.64. The number of hydrogen-bond acceptors (Lipinski definition) is 3. The summed E-state index contributed by atoms with van der Waals surface area (Å²) in [5.74, 6) is 0.398. The van der Waals surface area contributed by atoms with Gasteiger partial charge in [0.15, 0.2) is 0 Å². The lowest BCUT2D eigenvalue weighted by Gasteiger charge is -2.13. The van der Waals surface area contributed by atoms with Gasteiger partial charge in [-0.3, -0.25) is 4.79 Å². The normalized spacial score (nSPS) is 22.7. The molecule has 1 rings (SSSR count). The van der Waals surface area contributed by atoms with Gasteiger partial charge in [-0.15, -0.1) is 0 Å². The van der Waals surface area contributed by atoms with Gasteiger partial charge in [0.25, 0.3) is 0 Å². The Morgan fingerprint density at radius 2 is 2.47 bits per heavy atom. The minimum Gasteiger partial charge on any atom is -0.396 e. The van der Waals surface area contributed by atoms with Gasteiger partial charge >= 0.3 is 0 Å². The third kappa shape index (κ3) is 5.14. The number of nitrogens with one attached hydrogen (secondary N) is 1. The van der Waals surface area contributed by atoms with Gasteiger partial charge in [-0.25, -0.2) is 0 Å². The average Bonchev–Trinajstić information content (AvgIpc) is 2.68. The van der Waals surface area contributed by atoms with Crippen molar-refractivity contribution in [3.05, 3.63) is 0 Å². The maximum atomic E-state index is 11.5. The summed E-state index contributed by atoms with van der Waals surface area (Å²) >= 11 is 0. The molecule has 0 saturated carbocycles. The van der Waals surface area contributed by atoms with Crippen molar-refractivity contribution >= 4 is 5.91 Å². The average molecular weight is 215 g/mol. The van der Waals surface area contributed by atoms with Crippen molar-refractivity contribution < 1.29 is 14.6 Å². The molecule has 4 nitrogen and oxygen atoms in total. The van der Waals surface area contributed by atoms with Crippen LogP contribution in [0.15, 0.2) is 0 Å². The van der Waals surface area contributed by atoms with Crippen LogP contribution in [0.4, 0.5) is 0 Å². The van der Waals surface area contributed by atoms with Crippen molar-refractivity contribution in [2.24, 2.45) is 5.92 Å². The number of aliphatic hydroxyl groups is 1. The molecule has 4 heteroatoms. The van der Waals surface area contributed by atoms with Crippen LogP contribution in [0.2, 0.25) is 0 Å². The van der Waals surface area contributed by atoms with Crippen LogP contribution >= 0.6 is 0 Å². The zero-order valence-corrected chi connectivity index (χ0v) is 9.37. The zero-order valence-electron chi connectivity index (χ0n) is 9.37. The van der Waals surface area contributed by atoms with Gasteiger partial charge in [-0.2, -0.15) is 0 Å². The van der Waals surface area contributed by atoms with E-state index in [2.05, 4.69) is 5.32 Å². The van der Waals surface area contributed by atoms with Crippen molar-refractivity contribution in [1.29, 1.82) is 0 Å². The van der Waals surface area contributed by atoms with Crippen LogP contribution in [0.1, 0.15) is 32.6 Å². The van der Waals surface area contributed by atoms with Gasteiger partial charge < -0.3 is 15.2 Å². The molecule has 2 unspecified atom stereocenters. The molecule has 0 bridgehead atoms. The highest BCUT2D eigenvalue weighted by atomic mass is 16.5. The van der Waals surface area contributed by atoms with Gasteiger partial charge in [0, 0.05) is 19.8 Å². The van der Waals surface area contributed by atoms with Crippen molar-refractivity contribution in [2.45, 2.75) is 38.7 Å². The van der Waals surface area contributed by atoms with Crippen LogP contribution in [0.25, 0.3) is 0 Å². The Balaban J connectivity index is 2.07. The molecule has 2 atom stereocenters.